The van der Waals surface area contributed by atoms with Gasteiger partial charge in [-0.25, -0.2) is 4.39 Å². The van der Waals surface area contributed by atoms with E-state index >= 15 is 0 Å². The molecule has 2 aromatic heterocycles. The number of hydrogen-bond donors (Lipinski definition) is 2. The van der Waals surface area contributed by atoms with E-state index in [4.69, 9.17) is 4.52 Å². The summed E-state index contributed by atoms with van der Waals surface area (Å²) in [6.07, 6.45) is 0.869. The largest absolute Gasteiger partial charge is 0.364 e. The summed E-state index contributed by atoms with van der Waals surface area (Å²) in [4.78, 5) is 12.1. The van der Waals surface area contributed by atoms with Crippen molar-refractivity contribution in [1.82, 2.24) is 20.3 Å². The molecule has 8 heteroatoms. The molecule has 0 bridgehead atoms. The average molecular weight is 371 g/mol. The lowest BCUT2D eigenvalue weighted by Crippen LogP contribution is -2.26. The Labute approximate surface area is 156 Å². The number of benzene rings is 1. The Hall–Kier alpha value is -3.16. The van der Waals surface area contributed by atoms with Gasteiger partial charge in [0.25, 0.3) is 5.91 Å². The van der Waals surface area contributed by atoms with Gasteiger partial charge in [0.2, 0.25) is 0 Å². The predicted octanol–water partition coefficient (Wildman–Crippen LogP) is 3.27. The first-order valence-electron chi connectivity index (χ1n) is 8.76. The Morgan fingerprint density at radius 2 is 2.04 bits per heavy atom. The first-order valence-corrected chi connectivity index (χ1v) is 8.76. The standard InChI is InChI=1S/C19H22FN5O2/c1-4-9-21-19(26)16-10-17(23-25(16)3)22-11-15-12(2)27-24-18(15)13-5-7-14(20)8-6-13/h5-8,10H,4,9,11H2,1-3H3,(H,21,26)(H,22,23). The molecule has 0 unspecified atom stereocenters. The van der Waals surface area contributed by atoms with Crippen LogP contribution >= 0.6 is 0 Å². The zero-order valence-electron chi connectivity index (χ0n) is 15.5. The molecule has 2 N–H and O–H groups in total. The van der Waals surface area contributed by atoms with Gasteiger partial charge in [-0.15, -0.1) is 0 Å². The first kappa shape index (κ1) is 18.6. The fourth-order valence-electron chi connectivity index (χ4n) is 2.71. The monoisotopic (exact) mass is 371 g/mol. The number of rotatable bonds is 7. The molecule has 0 saturated heterocycles. The Morgan fingerprint density at radius 1 is 1.30 bits per heavy atom. The molecular weight excluding hydrogens is 349 g/mol. The fraction of sp³-hybridized carbons (Fsp3) is 0.316. The maximum atomic E-state index is 13.2. The van der Waals surface area contributed by atoms with Gasteiger partial charge in [-0.05, 0) is 37.6 Å². The maximum Gasteiger partial charge on any atom is 0.269 e. The fourth-order valence-corrected chi connectivity index (χ4v) is 2.71. The maximum absolute atomic E-state index is 13.2. The van der Waals surface area contributed by atoms with Crippen LogP contribution in [0, 0.1) is 12.7 Å². The molecular formula is C19H22FN5O2. The lowest BCUT2D eigenvalue weighted by atomic mass is 10.1. The van der Waals surface area contributed by atoms with Gasteiger partial charge in [0.15, 0.2) is 0 Å². The number of halogens is 1. The van der Waals surface area contributed by atoms with Crippen molar-refractivity contribution < 1.29 is 13.7 Å². The highest BCUT2D eigenvalue weighted by Crippen LogP contribution is 2.26. The molecule has 0 atom stereocenters. The summed E-state index contributed by atoms with van der Waals surface area (Å²) < 4.78 is 20.0. The van der Waals surface area contributed by atoms with Gasteiger partial charge in [-0.3, -0.25) is 9.48 Å². The second-order valence-corrected chi connectivity index (χ2v) is 6.22. The third kappa shape index (κ3) is 4.16. The Bertz CT molecular complexity index is 930. The molecule has 3 aromatic rings. The molecule has 2 heterocycles. The molecule has 27 heavy (non-hydrogen) atoms. The zero-order valence-corrected chi connectivity index (χ0v) is 15.5. The van der Waals surface area contributed by atoms with Gasteiger partial charge in [0.05, 0.1) is 0 Å². The zero-order chi connectivity index (χ0) is 19.4. The normalized spacial score (nSPS) is 10.8. The van der Waals surface area contributed by atoms with E-state index in [2.05, 4.69) is 20.9 Å². The van der Waals surface area contributed by atoms with E-state index in [-0.39, 0.29) is 11.7 Å². The van der Waals surface area contributed by atoms with Crippen LogP contribution in [0.15, 0.2) is 34.9 Å². The summed E-state index contributed by atoms with van der Waals surface area (Å²) in [6.45, 7) is 4.85. The molecule has 7 nitrogen and oxygen atoms in total. The van der Waals surface area contributed by atoms with Gasteiger partial charge in [0.1, 0.15) is 28.8 Å². The number of carbonyl (C=O) groups excluding carboxylic acids is 1. The smallest absolute Gasteiger partial charge is 0.269 e. The van der Waals surface area contributed by atoms with Gasteiger partial charge < -0.3 is 15.2 Å². The molecule has 3 rings (SSSR count). The molecule has 142 valence electrons. The van der Waals surface area contributed by atoms with Crippen molar-refractivity contribution in [2.24, 2.45) is 7.05 Å². The number of hydrogen-bond acceptors (Lipinski definition) is 5. The van der Waals surface area contributed by atoms with Crippen molar-refractivity contribution in [1.29, 1.82) is 0 Å². The average Bonchev–Trinajstić information content (AvgIpc) is 3.21. The third-order valence-electron chi connectivity index (χ3n) is 4.20. The number of anilines is 1. The molecule has 1 aromatic carbocycles. The van der Waals surface area contributed by atoms with Crippen LogP contribution in [0.2, 0.25) is 0 Å². The number of carbonyl (C=O) groups is 1. The van der Waals surface area contributed by atoms with Crippen molar-refractivity contribution in [3.63, 3.8) is 0 Å². The quantitative estimate of drug-likeness (QED) is 0.666. The number of aromatic nitrogens is 3. The lowest BCUT2D eigenvalue weighted by Gasteiger charge is -2.04. The molecule has 0 spiro atoms. The summed E-state index contributed by atoms with van der Waals surface area (Å²) in [5.41, 5.74) is 2.75. The van der Waals surface area contributed by atoms with Crippen molar-refractivity contribution in [3.05, 3.63) is 53.2 Å². The van der Waals surface area contributed by atoms with Crippen molar-refractivity contribution in [2.45, 2.75) is 26.8 Å². The van der Waals surface area contributed by atoms with Gasteiger partial charge >= 0.3 is 0 Å². The second kappa shape index (κ2) is 8.03. The minimum absolute atomic E-state index is 0.159. The van der Waals surface area contributed by atoms with E-state index < -0.39 is 0 Å². The number of amides is 1. The molecule has 0 fully saturated rings. The van der Waals surface area contributed by atoms with Gasteiger partial charge in [-0.2, -0.15) is 5.10 Å². The minimum atomic E-state index is -0.305. The summed E-state index contributed by atoms with van der Waals surface area (Å²) in [5, 5.41) is 14.4. The van der Waals surface area contributed by atoms with Crippen LogP contribution in [0.3, 0.4) is 0 Å². The summed E-state index contributed by atoms with van der Waals surface area (Å²) in [5.74, 6) is 0.775. The minimum Gasteiger partial charge on any atom is -0.364 e. The number of aryl methyl sites for hydroxylation is 2. The molecule has 0 aliphatic rings. The second-order valence-electron chi connectivity index (χ2n) is 6.22. The molecule has 0 aliphatic carbocycles. The third-order valence-corrected chi connectivity index (χ3v) is 4.20. The van der Waals surface area contributed by atoms with E-state index in [0.717, 1.165) is 17.5 Å². The van der Waals surface area contributed by atoms with Crippen LogP contribution in [0.4, 0.5) is 10.2 Å². The Morgan fingerprint density at radius 3 is 2.74 bits per heavy atom. The highest BCUT2D eigenvalue weighted by molar-refractivity contribution is 5.93. The van der Waals surface area contributed by atoms with Crippen molar-refractivity contribution in [2.75, 3.05) is 11.9 Å². The summed E-state index contributed by atoms with van der Waals surface area (Å²) in [6, 6.07) is 7.79. The number of nitrogens with zero attached hydrogens (tertiary/aromatic N) is 3. The number of nitrogens with one attached hydrogen (secondary N) is 2. The molecule has 0 radical (unpaired) electrons. The molecule has 1 amide bonds. The van der Waals surface area contributed by atoms with Crippen LogP contribution in [-0.2, 0) is 13.6 Å². The highest BCUT2D eigenvalue weighted by atomic mass is 19.1. The molecule has 0 aliphatic heterocycles. The van der Waals surface area contributed by atoms with Crippen LogP contribution in [0.25, 0.3) is 11.3 Å². The topological polar surface area (TPSA) is 85.0 Å². The van der Waals surface area contributed by atoms with Crippen molar-refractivity contribution >= 4 is 11.7 Å². The van der Waals surface area contributed by atoms with E-state index in [9.17, 15) is 9.18 Å². The lowest BCUT2D eigenvalue weighted by molar-refractivity contribution is 0.0944. The Balaban J connectivity index is 1.75. The van der Waals surface area contributed by atoms with Crippen LogP contribution in [-0.4, -0.2) is 27.4 Å². The van der Waals surface area contributed by atoms with Gasteiger partial charge in [0, 0.05) is 37.3 Å². The highest BCUT2D eigenvalue weighted by Gasteiger charge is 2.17. The van der Waals surface area contributed by atoms with E-state index in [0.29, 0.717) is 36.1 Å². The molecule has 0 saturated carbocycles. The van der Waals surface area contributed by atoms with Crippen LogP contribution in [0.1, 0.15) is 35.2 Å². The van der Waals surface area contributed by atoms with E-state index in [1.165, 1.54) is 16.8 Å². The summed E-state index contributed by atoms with van der Waals surface area (Å²) in [7, 11) is 1.72. The first-order chi connectivity index (χ1) is 13.0. The van der Waals surface area contributed by atoms with Crippen LogP contribution in [0.5, 0.6) is 0 Å². The van der Waals surface area contributed by atoms with Crippen molar-refractivity contribution in [3.8, 4) is 11.3 Å². The van der Waals surface area contributed by atoms with E-state index in [1.807, 2.05) is 13.8 Å². The van der Waals surface area contributed by atoms with Gasteiger partial charge in [-0.1, -0.05) is 12.1 Å². The Kier molecular flexibility index (Phi) is 5.54. The summed E-state index contributed by atoms with van der Waals surface area (Å²) >= 11 is 0. The predicted molar refractivity (Wildman–Crippen MR) is 99.8 cm³/mol. The van der Waals surface area contributed by atoms with E-state index in [1.54, 1.807) is 25.2 Å². The van der Waals surface area contributed by atoms with Crippen LogP contribution < -0.4 is 10.6 Å². The SMILES string of the molecule is CCCNC(=O)c1cc(NCc2c(-c3ccc(F)cc3)noc2C)nn1C.